The molecule has 4 heteroatoms. The van der Waals surface area contributed by atoms with Gasteiger partial charge in [0.1, 0.15) is 5.75 Å². The van der Waals surface area contributed by atoms with Gasteiger partial charge in [0.15, 0.2) is 0 Å². The predicted molar refractivity (Wildman–Crippen MR) is 79.1 cm³/mol. The van der Waals surface area contributed by atoms with Crippen LogP contribution in [0.15, 0.2) is 0 Å². The zero-order chi connectivity index (χ0) is 13.9. The van der Waals surface area contributed by atoms with E-state index in [1.807, 2.05) is 20.8 Å². The van der Waals surface area contributed by atoms with Crippen LogP contribution in [0.4, 0.5) is 0 Å². The summed E-state index contributed by atoms with van der Waals surface area (Å²) in [5, 5.41) is 1.31. The number of halogens is 2. The van der Waals surface area contributed by atoms with Crippen molar-refractivity contribution in [2.75, 3.05) is 6.61 Å². The van der Waals surface area contributed by atoms with Crippen LogP contribution in [0.1, 0.15) is 37.0 Å². The van der Waals surface area contributed by atoms with Gasteiger partial charge in [-0.2, -0.15) is 0 Å². The molecule has 0 saturated heterocycles. The van der Waals surface area contributed by atoms with Crippen LogP contribution in [-0.2, 0) is 6.42 Å². The molecule has 1 rings (SSSR count). The van der Waals surface area contributed by atoms with E-state index < -0.39 is 0 Å². The van der Waals surface area contributed by atoms with Crippen molar-refractivity contribution in [1.29, 1.82) is 0 Å². The molecule has 0 radical (unpaired) electrons. The second kappa shape index (κ2) is 6.65. The van der Waals surface area contributed by atoms with Gasteiger partial charge in [-0.3, -0.25) is 0 Å². The third-order valence-electron chi connectivity index (χ3n) is 3.19. The molecule has 1 aromatic rings. The third-order valence-corrected chi connectivity index (χ3v) is 4.22. The highest BCUT2D eigenvalue weighted by Gasteiger charge is 2.19. The summed E-state index contributed by atoms with van der Waals surface area (Å²) in [5.74, 6) is 0.738. The highest BCUT2D eigenvalue weighted by molar-refractivity contribution is 6.37. The Morgan fingerprint density at radius 1 is 1.11 bits per heavy atom. The van der Waals surface area contributed by atoms with Crippen molar-refractivity contribution >= 4 is 23.2 Å². The molecular weight excluding hydrogens is 269 g/mol. The standard InChI is InChI=1S/C14H21Cl2NO/c1-5-10(17)7-11-8(3)12(15)9(4)13(16)14(11)18-6-2/h10H,5-7,17H2,1-4H3. The largest absolute Gasteiger partial charge is 0.492 e. The predicted octanol–water partition coefficient (Wildman–Crippen LogP) is 4.29. The number of rotatable bonds is 5. The Morgan fingerprint density at radius 2 is 1.72 bits per heavy atom. The van der Waals surface area contributed by atoms with Gasteiger partial charge in [0.25, 0.3) is 0 Å². The molecule has 18 heavy (non-hydrogen) atoms. The Balaban J connectivity index is 3.35. The molecule has 0 aliphatic heterocycles. The molecule has 0 heterocycles. The summed E-state index contributed by atoms with van der Waals surface area (Å²) >= 11 is 12.6. The van der Waals surface area contributed by atoms with E-state index >= 15 is 0 Å². The summed E-state index contributed by atoms with van der Waals surface area (Å²) < 4.78 is 5.68. The fraction of sp³-hybridized carbons (Fsp3) is 0.571. The second-order valence-corrected chi connectivity index (χ2v) is 5.25. The number of hydrogen-bond acceptors (Lipinski definition) is 2. The molecule has 1 atom stereocenters. The Bertz CT molecular complexity index is 433. The number of benzene rings is 1. The Labute approximate surface area is 119 Å². The Morgan fingerprint density at radius 3 is 2.22 bits per heavy atom. The SMILES string of the molecule is CCOc1c(Cl)c(C)c(Cl)c(C)c1CC(N)CC. The third kappa shape index (κ3) is 3.11. The zero-order valence-electron chi connectivity index (χ0n) is 11.4. The van der Waals surface area contributed by atoms with Crippen molar-refractivity contribution in [3.05, 3.63) is 26.7 Å². The van der Waals surface area contributed by atoms with E-state index in [1.54, 1.807) is 0 Å². The fourth-order valence-electron chi connectivity index (χ4n) is 1.93. The van der Waals surface area contributed by atoms with E-state index in [9.17, 15) is 0 Å². The molecule has 0 saturated carbocycles. The van der Waals surface area contributed by atoms with Gasteiger partial charge in [-0.05, 0) is 44.7 Å². The Kier molecular flexibility index (Phi) is 5.77. The van der Waals surface area contributed by atoms with Gasteiger partial charge in [-0.25, -0.2) is 0 Å². The van der Waals surface area contributed by atoms with Crippen LogP contribution in [0, 0.1) is 13.8 Å². The first-order chi connectivity index (χ1) is 8.43. The molecule has 2 N–H and O–H groups in total. The molecule has 0 aromatic heterocycles. The lowest BCUT2D eigenvalue weighted by molar-refractivity contribution is 0.335. The molecule has 0 aliphatic carbocycles. The van der Waals surface area contributed by atoms with Gasteiger partial charge in [0, 0.05) is 16.6 Å². The first kappa shape index (κ1) is 15.6. The van der Waals surface area contributed by atoms with E-state index in [2.05, 4.69) is 6.92 Å². The summed E-state index contributed by atoms with van der Waals surface area (Å²) in [7, 11) is 0. The van der Waals surface area contributed by atoms with Crippen LogP contribution in [0.5, 0.6) is 5.75 Å². The molecule has 2 nitrogen and oxygen atoms in total. The zero-order valence-corrected chi connectivity index (χ0v) is 13.0. The smallest absolute Gasteiger partial charge is 0.141 e. The number of nitrogens with two attached hydrogens (primary N) is 1. The molecule has 1 unspecified atom stereocenters. The second-order valence-electron chi connectivity index (χ2n) is 4.49. The average molecular weight is 290 g/mol. The number of hydrogen-bond donors (Lipinski definition) is 1. The quantitative estimate of drug-likeness (QED) is 0.878. The fourth-order valence-corrected chi connectivity index (χ4v) is 2.45. The molecule has 1 aromatic carbocycles. The first-order valence-corrected chi connectivity index (χ1v) is 7.04. The summed E-state index contributed by atoms with van der Waals surface area (Å²) in [4.78, 5) is 0. The van der Waals surface area contributed by atoms with Crippen molar-refractivity contribution in [3.8, 4) is 5.75 Å². The summed E-state index contributed by atoms with van der Waals surface area (Å²) in [6, 6.07) is 0.0951. The highest BCUT2D eigenvalue weighted by atomic mass is 35.5. The lowest BCUT2D eigenvalue weighted by atomic mass is 9.97. The van der Waals surface area contributed by atoms with Crippen LogP contribution in [0.25, 0.3) is 0 Å². The number of ether oxygens (including phenoxy) is 1. The molecule has 0 spiro atoms. The average Bonchev–Trinajstić information content (AvgIpc) is 2.37. The van der Waals surface area contributed by atoms with Crippen LogP contribution >= 0.6 is 23.2 Å². The topological polar surface area (TPSA) is 35.2 Å². The van der Waals surface area contributed by atoms with E-state index in [-0.39, 0.29) is 6.04 Å². The van der Waals surface area contributed by atoms with E-state index in [1.165, 1.54) is 0 Å². The van der Waals surface area contributed by atoms with Crippen LogP contribution in [0.3, 0.4) is 0 Å². The molecule has 0 amide bonds. The lowest BCUT2D eigenvalue weighted by Crippen LogP contribution is -2.22. The Hall–Kier alpha value is -0.440. The van der Waals surface area contributed by atoms with Crippen molar-refractivity contribution in [2.24, 2.45) is 5.73 Å². The summed E-state index contributed by atoms with van der Waals surface area (Å²) in [6.07, 6.45) is 1.64. The van der Waals surface area contributed by atoms with Crippen molar-refractivity contribution in [3.63, 3.8) is 0 Å². The molecule has 102 valence electrons. The van der Waals surface area contributed by atoms with E-state index in [4.69, 9.17) is 33.7 Å². The molecule has 0 fully saturated rings. The van der Waals surface area contributed by atoms with Crippen molar-refractivity contribution in [1.82, 2.24) is 0 Å². The van der Waals surface area contributed by atoms with Gasteiger partial charge in [0.05, 0.1) is 11.6 Å². The lowest BCUT2D eigenvalue weighted by Gasteiger charge is -2.20. The maximum Gasteiger partial charge on any atom is 0.141 e. The summed E-state index contributed by atoms with van der Waals surface area (Å²) in [6.45, 7) is 8.49. The van der Waals surface area contributed by atoms with Gasteiger partial charge < -0.3 is 10.5 Å². The maximum atomic E-state index is 6.33. The van der Waals surface area contributed by atoms with Crippen LogP contribution in [0.2, 0.25) is 10.0 Å². The van der Waals surface area contributed by atoms with Gasteiger partial charge in [-0.1, -0.05) is 30.1 Å². The molecule has 0 bridgehead atoms. The van der Waals surface area contributed by atoms with Crippen LogP contribution < -0.4 is 10.5 Å². The molecular formula is C14H21Cl2NO. The maximum absolute atomic E-state index is 6.33. The molecule has 0 aliphatic rings. The minimum Gasteiger partial charge on any atom is -0.492 e. The van der Waals surface area contributed by atoms with Gasteiger partial charge in [-0.15, -0.1) is 0 Å². The summed E-state index contributed by atoms with van der Waals surface area (Å²) in [5.41, 5.74) is 8.96. The van der Waals surface area contributed by atoms with E-state index in [0.717, 1.165) is 35.3 Å². The minimum atomic E-state index is 0.0951. The van der Waals surface area contributed by atoms with Crippen molar-refractivity contribution in [2.45, 2.75) is 46.6 Å². The minimum absolute atomic E-state index is 0.0951. The van der Waals surface area contributed by atoms with Crippen molar-refractivity contribution < 1.29 is 4.74 Å². The normalized spacial score (nSPS) is 12.6. The van der Waals surface area contributed by atoms with Gasteiger partial charge in [0.2, 0.25) is 0 Å². The highest BCUT2D eigenvalue weighted by Crippen LogP contribution is 2.40. The van der Waals surface area contributed by atoms with Gasteiger partial charge >= 0.3 is 0 Å². The first-order valence-electron chi connectivity index (χ1n) is 6.29. The van der Waals surface area contributed by atoms with Crippen LogP contribution in [-0.4, -0.2) is 12.6 Å². The monoisotopic (exact) mass is 289 g/mol. The van der Waals surface area contributed by atoms with E-state index in [0.29, 0.717) is 16.7 Å².